The zero-order valence-corrected chi connectivity index (χ0v) is 10.8. The molecule has 0 bridgehead atoms. The Labute approximate surface area is 94.9 Å². The summed E-state index contributed by atoms with van der Waals surface area (Å²) in [5.74, 6) is 2.18. The van der Waals surface area contributed by atoms with E-state index in [2.05, 4.69) is 6.92 Å². The van der Waals surface area contributed by atoms with Crippen LogP contribution in [-0.4, -0.2) is 20.3 Å². The Kier molecular flexibility index (Phi) is 6.96. The standard InChI is InChI=1S/C11H22OS2/c1-2-3-4-5-6-8-11-13-9-7-10-14(11)12/h11H,2-10H2,1H3/t11-,14-/m0/s1. The van der Waals surface area contributed by atoms with Gasteiger partial charge in [0.25, 0.3) is 0 Å². The topological polar surface area (TPSA) is 17.1 Å². The zero-order chi connectivity index (χ0) is 10.2. The number of hydrogen-bond donors (Lipinski definition) is 0. The molecule has 1 saturated heterocycles. The van der Waals surface area contributed by atoms with Crippen LogP contribution in [0.25, 0.3) is 0 Å². The van der Waals surface area contributed by atoms with Crippen LogP contribution in [-0.2, 0) is 10.8 Å². The Balaban J connectivity index is 2.02. The van der Waals surface area contributed by atoms with Crippen LogP contribution in [0, 0.1) is 0 Å². The fourth-order valence-corrected chi connectivity index (χ4v) is 5.15. The zero-order valence-electron chi connectivity index (χ0n) is 9.17. The minimum atomic E-state index is -0.522. The third-order valence-electron chi connectivity index (χ3n) is 2.63. The van der Waals surface area contributed by atoms with Crippen molar-refractivity contribution >= 4 is 22.6 Å². The van der Waals surface area contributed by atoms with E-state index in [-0.39, 0.29) is 0 Å². The molecule has 1 fully saturated rings. The molecule has 2 atom stereocenters. The molecular formula is C11H22OS2. The highest BCUT2D eigenvalue weighted by molar-refractivity contribution is 8.11. The second-order valence-electron chi connectivity index (χ2n) is 3.94. The molecule has 0 aromatic heterocycles. The molecule has 1 heterocycles. The molecule has 84 valence electrons. The minimum absolute atomic E-state index is 0.463. The van der Waals surface area contributed by atoms with Crippen LogP contribution < -0.4 is 0 Å². The quantitative estimate of drug-likeness (QED) is 0.654. The third-order valence-corrected chi connectivity index (χ3v) is 6.33. The first-order chi connectivity index (χ1) is 6.84. The van der Waals surface area contributed by atoms with Crippen molar-refractivity contribution in [3.8, 4) is 0 Å². The SMILES string of the molecule is CCCCCCC[C@H]1SCCC[S@@]1=O. The van der Waals surface area contributed by atoms with Gasteiger partial charge in [-0.25, -0.2) is 0 Å². The number of hydrogen-bond acceptors (Lipinski definition) is 2. The van der Waals surface area contributed by atoms with Crippen molar-refractivity contribution in [2.75, 3.05) is 11.5 Å². The van der Waals surface area contributed by atoms with Crippen molar-refractivity contribution in [1.29, 1.82) is 0 Å². The summed E-state index contributed by atoms with van der Waals surface area (Å²) in [6.45, 7) is 2.24. The summed E-state index contributed by atoms with van der Waals surface area (Å²) in [5.41, 5.74) is 0. The molecule has 0 aromatic rings. The second kappa shape index (κ2) is 7.75. The van der Waals surface area contributed by atoms with Gasteiger partial charge in [0, 0.05) is 16.6 Å². The Morgan fingerprint density at radius 1 is 1.29 bits per heavy atom. The number of unbranched alkanes of at least 4 members (excludes halogenated alkanes) is 4. The van der Waals surface area contributed by atoms with Crippen LogP contribution >= 0.6 is 11.8 Å². The molecule has 0 spiro atoms. The fraction of sp³-hybridized carbons (Fsp3) is 1.00. The van der Waals surface area contributed by atoms with Crippen LogP contribution in [0.4, 0.5) is 0 Å². The maximum Gasteiger partial charge on any atom is 0.0801 e. The molecule has 0 aromatic carbocycles. The van der Waals surface area contributed by atoms with Gasteiger partial charge >= 0.3 is 0 Å². The van der Waals surface area contributed by atoms with Gasteiger partial charge in [0.2, 0.25) is 0 Å². The van der Waals surface area contributed by atoms with Crippen molar-refractivity contribution in [3.05, 3.63) is 0 Å². The molecular weight excluding hydrogens is 212 g/mol. The predicted molar refractivity (Wildman–Crippen MR) is 67.2 cm³/mol. The van der Waals surface area contributed by atoms with Crippen molar-refractivity contribution in [1.82, 2.24) is 0 Å². The van der Waals surface area contributed by atoms with Gasteiger partial charge in [0.15, 0.2) is 0 Å². The summed E-state index contributed by atoms with van der Waals surface area (Å²) in [5, 5.41) is 0. The normalized spacial score (nSPS) is 27.8. The molecule has 0 amide bonds. The smallest absolute Gasteiger partial charge is 0.0801 e. The van der Waals surface area contributed by atoms with Gasteiger partial charge in [-0.2, -0.15) is 0 Å². The Hall–Kier alpha value is 0.500. The van der Waals surface area contributed by atoms with Gasteiger partial charge in [-0.05, 0) is 18.6 Å². The molecule has 0 aliphatic carbocycles. The average molecular weight is 234 g/mol. The molecule has 0 saturated carbocycles. The molecule has 0 radical (unpaired) electrons. The lowest BCUT2D eigenvalue weighted by atomic mass is 10.1. The van der Waals surface area contributed by atoms with Gasteiger partial charge in [0.1, 0.15) is 0 Å². The van der Waals surface area contributed by atoms with E-state index in [0.717, 1.165) is 12.2 Å². The maximum absolute atomic E-state index is 11.6. The fourth-order valence-electron chi connectivity index (χ4n) is 1.75. The molecule has 1 rings (SSSR count). The van der Waals surface area contributed by atoms with E-state index >= 15 is 0 Å². The van der Waals surface area contributed by atoms with E-state index in [0.29, 0.717) is 4.58 Å². The van der Waals surface area contributed by atoms with Crippen LogP contribution in [0.1, 0.15) is 51.9 Å². The highest BCUT2D eigenvalue weighted by atomic mass is 32.2. The number of rotatable bonds is 6. The van der Waals surface area contributed by atoms with Gasteiger partial charge in [-0.3, -0.25) is 4.21 Å². The van der Waals surface area contributed by atoms with E-state index < -0.39 is 10.8 Å². The highest BCUT2D eigenvalue weighted by Gasteiger charge is 2.20. The first kappa shape index (κ1) is 12.6. The molecule has 3 heteroatoms. The number of thioether (sulfide) groups is 1. The maximum atomic E-state index is 11.6. The van der Waals surface area contributed by atoms with E-state index in [1.54, 1.807) is 0 Å². The van der Waals surface area contributed by atoms with Crippen molar-refractivity contribution < 1.29 is 4.21 Å². The van der Waals surface area contributed by atoms with Crippen LogP contribution in [0.3, 0.4) is 0 Å². The Bertz CT molecular complexity index is 171. The minimum Gasteiger partial charge on any atom is -0.258 e. The summed E-state index contributed by atoms with van der Waals surface area (Å²) < 4.78 is 12.1. The second-order valence-corrected chi connectivity index (χ2v) is 7.29. The summed E-state index contributed by atoms with van der Waals surface area (Å²) in [4.78, 5) is 0. The van der Waals surface area contributed by atoms with E-state index in [1.807, 2.05) is 11.8 Å². The lowest BCUT2D eigenvalue weighted by molar-refractivity contribution is 0.615. The Morgan fingerprint density at radius 2 is 2.07 bits per heavy atom. The molecule has 14 heavy (non-hydrogen) atoms. The summed E-state index contributed by atoms with van der Waals surface area (Å²) >= 11 is 1.93. The summed E-state index contributed by atoms with van der Waals surface area (Å²) in [6, 6.07) is 0. The van der Waals surface area contributed by atoms with Gasteiger partial charge in [0.05, 0.1) is 4.58 Å². The van der Waals surface area contributed by atoms with Gasteiger partial charge in [-0.15, -0.1) is 11.8 Å². The van der Waals surface area contributed by atoms with Crippen LogP contribution in [0.15, 0.2) is 0 Å². The summed E-state index contributed by atoms with van der Waals surface area (Å²) in [6.07, 6.45) is 8.99. The first-order valence-electron chi connectivity index (χ1n) is 5.83. The van der Waals surface area contributed by atoms with E-state index in [1.165, 1.54) is 44.3 Å². The highest BCUT2D eigenvalue weighted by Crippen LogP contribution is 2.26. The third kappa shape index (κ3) is 4.83. The average Bonchev–Trinajstić information content (AvgIpc) is 2.20. The largest absolute Gasteiger partial charge is 0.258 e. The molecule has 1 aliphatic heterocycles. The molecule has 0 N–H and O–H groups in total. The summed E-state index contributed by atoms with van der Waals surface area (Å²) in [7, 11) is -0.522. The monoisotopic (exact) mass is 234 g/mol. The molecule has 1 nitrogen and oxygen atoms in total. The van der Waals surface area contributed by atoms with Crippen LogP contribution in [0.2, 0.25) is 0 Å². The van der Waals surface area contributed by atoms with Gasteiger partial charge < -0.3 is 0 Å². The van der Waals surface area contributed by atoms with Crippen LogP contribution in [0.5, 0.6) is 0 Å². The lowest BCUT2D eigenvalue weighted by Gasteiger charge is -2.20. The van der Waals surface area contributed by atoms with E-state index in [9.17, 15) is 4.21 Å². The van der Waals surface area contributed by atoms with Gasteiger partial charge in [-0.1, -0.05) is 39.0 Å². The Morgan fingerprint density at radius 3 is 2.79 bits per heavy atom. The van der Waals surface area contributed by atoms with Crippen molar-refractivity contribution in [3.63, 3.8) is 0 Å². The predicted octanol–water partition coefficient (Wildman–Crippen LogP) is 3.56. The van der Waals surface area contributed by atoms with Crippen molar-refractivity contribution in [2.45, 2.75) is 56.5 Å². The lowest BCUT2D eigenvalue weighted by Crippen LogP contribution is -2.20. The first-order valence-corrected chi connectivity index (χ1v) is 8.26. The van der Waals surface area contributed by atoms with Crippen molar-refractivity contribution in [2.24, 2.45) is 0 Å². The molecule has 1 aliphatic rings. The van der Waals surface area contributed by atoms with E-state index in [4.69, 9.17) is 0 Å². The molecule has 0 unspecified atom stereocenters.